The Balaban J connectivity index is 2.26. The second kappa shape index (κ2) is 5.24. The summed E-state index contributed by atoms with van der Waals surface area (Å²) in [6.45, 7) is 1.58. The molecule has 2 rings (SSSR count). The number of halogens is 3. The van der Waals surface area contributed by atoms with E-state index in [0.717, 1.165) is 18.2 Å². The van der Waals surface area contributed by atoms with E-state index in [2.05, 4.69) is 5.32 Å². The molecule has 104 valence electrons. The summed E-state index contributed by atoms with van der Waals surface area (Å²) >= 11 is 0. The fourth-order valence-electron chi connectivity index (χ4n) is 1.59. The van der Waals surface area contributed by atoms with E-state index in [1.165, 1.54) is 12.1 Å². The van der Waals surface area contributed by atoms with Crippen molar-refractivity contribution < 1.29 is 18.0 Å². The van der Waals surface area contributed by atoms with Crippen molar-refractivity contribution >= 4 is 17.3 Å². The maximum atomic E-state index is 13.3. The smallest absolute Gasteiger partial charge is 0.255 e. The minimum absolute atomic E-state index is 0.191. The van der Waals surface area contributed by atoms with Gasteiger partial charge in [-0.2, -0.15) is 0 Å². The molecule has 0 unspecified atom stereocenters. The number of nitrogens with one attached hydrogen (secondary N) is 1. The van der Waals surface area contributed by atoms with Crippen molar-refractivity contribution in [2.75, 3.05) is 11.1 Å². The first-order valence-corrected chi connectivity index (χ1v) is 5.70. The molecule has 0 spiro atoms. The summed E-state index contributed by atoms with van der Waals surface area (Å²) in [5.74, 6) is -3.29. The molecule has 0 radical (unpaired) electrons. The van der Waals surface area contributed by atoms with E-state index in [9.17, 15) is 18.0 Å². The van der Waals surface area contributed by atoms with Gasteiger partial charge in [-0.15, -0.1) is 0 Å². The number of carbonyl (C=O) groups is 1. The van der Waals surface area contributed by atoms with E-state index in [1.54, 1.807) is 6.92 Å². The van der Waals surface area contributed by atoms with Crippen LogP contribution < -0.4 is 11.1 Å². The van der Waals surface area contributed by atoms with Crippen molar-refractivity contribution in [3.05, 3.63) is 58.9 Å². The predicted octanol–water partition coefficient (Wildman–Crippen LogP) is 3.25. The summed E-state index contributed by atoms with van der Waals surface area (Å²) < 4.78 is 39.8. The first-order chi connectivity index (χ1) is 9.38. The number of carbonyl (C=O) groups excluding carboxylic acids is 1. The average molecular weight is 280 g/mol. The van der Waals surface area contributed by atoms with Crippen LogP contribution in [0.3, 0.4) is 0 Å². The standard InChI is InChI=1S/C14H11F3N2O/c1-7-2-3-9(6-10(7)15)19-14(20)8-4-11(16)13(18)12(17)5-8/h2-6H,18H2,1H3,(H,19,20). The molecular formula is C14H11F3N2O. The van der Waals surface area contributed by atoms with E-state index in [1.807, 2.05) is 0 Å². The van der Waals surface area contributed by atoms with Crippen LogP contribution in [-0.2, 0) is 0 Å². The third kappa shape index (κ3) is 2.74. The minimum atomic E-state index is -1.02. The molecule has 3 N–H and O–H groups in total. The fraction of sp³-hybridized carbons (Fsp3) is 0.0714. The zero-order chi connectivity index (χ0) is 14.9. The SMILES string of the molecule is Cc1ccc(NC(=O)c2cc(F)c(N)c(F)c2)cc1F. The van der Waals surface area contributed by atoms with Crippen LogP contribution in [0.2, 0.25) is 0 Å². The van der Waals surface area contributed by atoms with E-state index in [4.69, 9.17) is 5.73 Å². The number of anilines is 2. The molecule has 2 aromatic rings. The van der Waals surface area contributed by atoms with Crippen molar-refractivity contribution in [3.63, 3.8) is 0 Å². The van der Waals surface area contributed by atoms with Crippen molar-refractivity contribution in [1.82, 2.24) is 0 Å². The van der Waals surface area contributed by atoms with Gasteiger partial charge >= 0.3 is 0 Å². The summed E-state index contributed by atoms with van der Waals surface area (Å²) in [6.07, 6.45) is 0. The Labute approximate surface area is 113 Å². The minimum Gasteiger partial charge on any atom is -0.394 e. The topological polar surface area (TPSA) is 55.1 Å². The lowest BCUT2D eigenvalue weighted by Crippen LogP contribution is -2.13. The Morgan fingerprint density at radius 1 is 1.05 bits per heavy atom. The third-order valence-electron chi connectivity index (χ3n) is 2.77. The number of nitrogens with two attached hydrogens (primary N) is 1. The number of amides is 1. The van der Waals surface area contributed by atoms with Gasteiger partial charge in [0.1, 0.15) is 23.1 Å². The molecule has 0 bridgehead atoms. The molecule has 0 aliphatic rings. The maximum absolute atomic E-state index is 13.3. The zero-order valence-corrected chi connectivity index (χ0v) is 10.5. The first-order valence-electron chi connectivity index (χ1n) is 5.70. The van der Waals surface area contributed by atoms with Gasteiger partial charge in [-0.1, -0.05) is 6.07 Å². The fourth-order valence-corrected chi connectivity index (χ4v) is 1.59. The third-order valence-corrected chi connectivity index (χ3v) is 2.77. The van der Waals surface area contributed by atoms with Crippen molar-refractivity contribution in [2.24, 2.45) is 0 Å². The van der Waals surface area contributed by atoms with Gasteiger partial charge in [-0.3, -0.25) is 4.79 Å². The van der Waals surface area contributed by atoms with Crippen LogP contribution in [0.25, 0.3) is 0 Å². The van der Waals surface area contributed by atoms with Crippen LogP contribution >= 0.6 is 0 Å². The van der Waals surface area contributed by atoms with E-state index < -0.39 is 29.0 Å². The monoisotopic (exact) mass is 280 g/mol. The van der Waals surface area contributed by atoms with Gasteiger partial charge < -0.3 is 11.1 Å². The van der Waals surface area contributed by atoms with Crippen LogP contribution in [0.4, 0.5) is 24.5 Å². The Hall–Kier alpha value is -2.50. The maximum Gasteiger partial charge on any atom is 0.255 e. The van der Waals surface area contributed by atoms with Gasteiger partial charge in [0.2, 0.25) is 0 Å². The van der Waals surface area contributed by atoms with E-state index in [0.29, 0.717) is 5.56 Å². The van der Waals surface area contributed by atoms with Gasteiger partial charge in [0.25, 0.3) is 5.91 Å². The molecule has 0 saturated carbocycles. The first kappa shape index (κ1) is 13.9. The molecular weight excluding hydrogens is 269 g/mol. The quantitative estimate of drug-likeness (QED) is 0.830. The molecule has 0 saturated heterocycles. The van der Waals surface area contributed by atoms with E-state index in [-0.39, 0.29) is 11.3 Å². The number of hydrogen-bond acceptors (Lipinski definition) is 2. The average Bonchev–Trinajstić information content (AvgIpc) is 2.39. The number of aryl methyl sites for hydroxylation is 1. The number of hydrogen-bond donors (Lipinski definition) is 2. The van der Waals surface area contributed by atoms with Crippen molar-refractivity contribution in [1.29, 1.82) is 0 Å². The van der Waals surface area contributed by atoms with Crippen LogP contribution in [0.15, 0.2) is 30.3 Å². The molecule has 0 fully saturated rings. The molecule has 0 atom stereocenters. The van der Waals surface area contributed by atoms with Crippen molar-refractivity contribution in [3.8, 4) is 0 Å². The summed E-state index contributed by atoms with van der Waals surface area (Å²) in [7, 11) is 0. The van der Waals surface area contributed by atoms with Crippen LogP contribution in [0.1, 0.15) is 15.9 Å². The van der Waals surface area contributed by atoms with Crippen LogP contribution in [-0.4, -0.2) is 5.91 Å². The highest BCUT2D eigenvalue weighted by Crippen LogP contribution is 2.19. The van der Waals surface area contributed by atoms with Gasteiger partial charge in [-0.25, -0.2) is 13.2 Å². The van der Waals surface area contributed by atoms with Gasteiger partial charge in [0.15, 0.2) is 0 Å². The second-order valence-corrected chi connectivity index (χ2v) is 4.27. The number of nitrogen functional groups attached to an aromatic ring is 1. The molecule has 1 amide bonds. The molecule has 0 aliphatic heterocycles. The zero-order valence-electron chi connectivity index (χ0n) is 10.5. The molecule has 3 nitrogen and oxygen atoms in total. The van der Waals surface area contributed by atoms with Gasteiger partial charge in [-0.05, 0) is 36.8 Å². The second-order valence-electron chi connectivity index (χ2n) is 4.27. The summed E-state index contributed by atoms with van der Waals surface area (Å²) in [5.41, 5.74) is 4.83. The largest absolute Gasteiger partial charge is 0.394 e. The van der Waals surface area contributed by atoms with E-state index >= 15 is 0 Å². The summed E-state index contributed by atoms with van der Waals surface area (Å²) in [6, 6.07) is 5.73. The molecule has 0 aromatic heterocycles. The Morgan fingerprint density at radius 2 is 1.65 bits per heavy atom. The van der Waals surface area contributed by atoms with Gasteiger partial charge in [0, 0.05) is 11.3 Å². The lowest BCUT2D eigenvalue weighted by atomic mass is 10.1. The molecule has 2 aromatic carbocycles. The number of benzene rings is 2. The van der Waals surface area contributed by atoms with Crippen molar-refractivity contribution in [2.45, 2.75) is 6.92 Å². The van der Waals surface area contributed by atoms with Gasteiger partial charge in [0.05, 0.1) is 0 Å². The highest BCUT2D eigenvalue weighted by atomic mass is 19.1. The predicted molar refractivity (Wildman–Crippen MR) is 69.9 cm³/mol. The molecule has 20 heavy (non-hydrogen) atoms. The lowest BCUT2D eigenvalue weighted by Gasteiger charge is -2.07. The Bertz CT molecular complexity index is 663. The number of rotatable bonds is 2. The summed E-state index contributed by atoms with van der Waals surface area (Å²) in [4.78, 5) is 11.8. The molecule has 6 heteroatoms. The highest BCUT2D eigenvalue weighted by Gasteiger charge is 2.13. The Morgan fingerprint density at radius 3 is 2.20 bits per heavy atom. The normalized spacial score (nSPS) is 10.4. The van der Waals surface area contributed by atoms with Crippen LogP contribution in [0.5, 0.6) is 0 Å². The molecule has 0 heterocycles. The highest BCUT2D eigenvalue weighted by molar-refractivity contribution is 6.04. The summed E-state index contributed by atoms with van der Waals surface area (Å²) in [5, 5.41) is 2.35. The lowest BCUT2D eigenvalue weighted by molar-refractivity contribution is 0.102. The molecule has 0 aliphatic carbocycles. The van der Waals surface area contributed by atoms with Crippen LogP contribution in [0, 0.1) is 24.4 Å². The Kier molecular flexibility index (Phi) is 3.65.